The summed E-state index contributed by atoms with van der Waals surface area (Å²) in [5, 5.41) is 15.0. The minimum absolute atomic E-state index is 0.163. The van der Waals surface area contributed by atoms with Crippen molar-refractivity contribution in [1.82, 2.24) is 9.78 Å². The van der Waals surface area contributed by atoms with Crippen molar-refractivity contribution < 1.29 is 9.15 Å². The van der Waals surface area contributed by atoms with Gasteiger partial charge in [-0.3, -0.25) is 0 Å². The van der Waals surface area contributed by atoms with Crippen LogP contribution < -0.4 is 4.74 Å². The van der Waals surface area contributed by atoms with Crippen LogP contribution in [0.2, 0.25) is 0 Å². The number of para-hydroxylation sites is 1. The Kier molecular flexibility index (Phi) is 3.43. The molecular weight excluding hydrogens is 334 g/mol. The van der Waals surface area contributed by atoms with Gasteiger partial charge in [0, 0.05) is 17.9 Å². The number of rotatable bonds is 3. The fourth-order valence-electron chi connectivity index (χ4n) is 2.26. The average molecular weight is 346 g/mol. The van der Waals surface area contributed by atoms with Gasteiger partial charge in [-0.05, 0) is 19.1 Å². The summed E-state index contributed by atoms with van der Waals surface area (Å²) in [6.45, 7) is 1.92. The normalized spacial score (nSPS) is 10.8. The summed E-state index contributed by atoms with van der Waals surface area (Å²) in [5.41, 5.74) is 2.46. The van der Waals surface area contributed by atoms with Gasteiger partial charge in [-0.1, -0.05) is 28.1 Å². The highest BCUT2D eigenvalue weighted by Gasteiger charge is 2.20. The first-order valence-electron chi connectivity index (χ1n) is 6.33. The third kappa shape index (κ3) is 2.20. The van der Waals surface area contributed by atoms with Crippen molar-refractivity contribution in [1.29, 1.82) is 5.26 Å². The van der Waals surface area contributed by atoms with Crippen LogP contribution in [0, 0.1) is 18.3 Å². The van der Waals surface area contributed by atoms with E-state index < -0.39 is 0 Å². The van der Waals surface area contributed by atoms with Crippen LogP contribution in [0.1, 0.15) is 17.0 Å². The minimum Gasteiger partial charge on any atom is -0.442 e. The fraction of sp³-hybridized carbons (Fsp3) is 0.200. The number of aromatic nitrogens is 2. The second-order valence-corrected chi connectivity index (χ2v) is 5.16. The molecule has 0 aliphatic heterocycles. The van der Waals surface area contributed by atoms with E-state index in [1.54, 1.807) is 4.68 Å². The number of aryl methyl sites for hydroxylation is 2. The molecule has 0 aliphatic rings. The van der Waals surface area contributed by atoms with Gasteiger partial charge in [0.05, 0.1) is 11.1 Å². The van der Waals surface area contributed by atoms with E-state index in [1.165, 1.54) is 0 Å². The molecule has 0 aliphatic carbocycles. The smallest absolute Gasteiger partial charge is 0.247 e. The van der Waals surface area contributed by atoms with Crippen molar-refractivity contribution in [2.45, 2.75) is 12.3 Å². The van der Waals surface area contributed by atoms with Crippen LogP contribution in [0.5, 0.6) is 11.6 Å². The molecule has 2 aromatic heterocycles. The molecule has 0 radical (unpaired) electrons. The molecule has 1 aromatic carbocycles. The van der Waals surface area contributed by atoms with Gasteiger partial charge in [0.2, 0.25) is 11.6 Å². The summed E-state index contributed by atoms with van der Waals surface area (Å²) in [5.74, 6) is 1.20. The molecule has 0 saturated heterocycles. The van der Waals surface area contributed by atoms with Crippen molar-refractivity contribution in [2.24, 2.45) is 7.05 Å². The van der Waals surface area contributed by atoms with Crippen LogP contribution in [0.3, 0.4) is 0 Å². The molecule has 0 spiro atoms. The predicted octanol–water partition coefficient (Wildman–Crippen LogP) is 4.03. The Labute approximate surface area is 129 Å². The molecule has 0 N–H and O–H groups in total. The summed E-state index contributed by atoms with van der Waals surface area (Å²) >= 11 is 3.44. The minimum atomic E-state index is 0.163. The Hall–Kier alpha value is -2.26. The maximum atomic E-state index is 9.24. The summed E-state index contributed by atoms with van der Waals surface area (Å²) < 4.78 is 13.2. The van der Waals surface area contributed by atoms with Gasteiger partial charge in [0.25, 0.3) is 0 Å². The van der Waals surface area contributed by atoms with E-state index in [0.29, 0.717) is 22.5 Å². The topological polar surface area (TPSA) is 64.0 Å². The molecule has 2 heterocycles. The second kappa shape index (κ2) is 5.26. The number of hydrogen-bond donors (Lipinski definition) is 0. The Balaban J connectivity index is 2.17. The van der Waals surface area contributed by atoms with Gasteiger partial charge in [0.1, 0.15) is 11.7 Å². The monoisotopic (exact) mass is 345 g/mol. The third-order valence-corrected chi connectivity index (χ3v) is 3.83. The van der Waals surface area contributed by atoms with E-state index in [9.17, 15) is 5.26 Å². The van der Waals surface area contributed by atoms with Crippen molar-refractivity contribution >= 4 is 26.9 Å². The quantitative estimate of drug-likeness (QED) is 0.672. The fourth-order valence-corrected chi connectivity index (χ4v) is 2.90. The largest absolute Gasteiger partial charge is 0.442 e. The first kappa shape index (κ1) is 13.7. The van der Waals surface area contributed by atoms with E-state index >= 15 is 0 Å². The highest BCUT2D eigenvalue weighted by molar-refractivity contribution is 9.08. The number of nitriles is 1. The van der Waals surface area contributed by atoms with E-state index in [0.717, 1.165) is 16.6 Å². The SMILES string of the molecule is Cc1nn(C)c(Oc2c(C#N)oc3ccccc23)c1CBr. The van der Waals surface area contributed by atoms with Gasteiger partial charge < -0.3 is 9.15 Å². The molecule has 6 heteroatoms. The molecule has 0 fully saturated rings. The molecule has 0 saturated carbocycles. The number of fused-ring (bicyclic) bond motifs is 1. The van der Waals surface area contributed by atoms with Gasteiger partial charge in [0.15, 0.2) is 5.75 Å². The van der Waals surface area contributed by atoms with E-state index in [-0.39, 0.29) is 5.76 Å². The van der Waals surface area contributed by atoms with Crippen LogP contribution >= 0.6 is 15.9 Å². The zero-order valence-corrected chi connectivity index (χ0v) is 13.1. The number of halogens is 1. The molecule has 0 amide bonds. The predicted molar refractivity (Wildman–Crippen MR) is 81.6 cm³/mol. The van der Waals surface area contributed by atoms with Crippen LogP contribution in [0.25, 0.3) is 11.0 Å². The van der Waals surface area contributed by atoms with Crippen LogP contribution in [0.4, 0.5) is 0 Å². The zero-order valence-electron chi connectivity index (χ0n) is 11.6. The lowest BCUT2D eigenvalue weighted by Gasteiger charge is -2.06. The first-order chi connectivity index (χ1) is 10.2. The second-order valence-electron chi connectivity index (χ2n) is 4.60. The maximum absolute atomic E-state index is 9.24. The Morgan fingerprint density at radius 3 is 2.90 bits per heavy atom. The molecule has 0 atom stereocenters. The molecule has 106 valence electrons. The Bertz CT molecular complexity index is 858. The highest BCUT2D eigenvalue weighted by atomic mass is 79.9. The maximum Gasteiger partial charge on any atom is 0.247 e. The summed E-state index contributed by atoms with van der Waals surface area (Å²) in [6, 6.07) is 9.45. The number of furan rings is 1. The van der Waals surface area contributed by atoms with Crippen molar-refractivity contribution in [3.8, 4) is 17.7 Å². The standard InChI is InChI=1S/C15H12BrN3O2/c1-9-11(7-16)15(19(2)18-9)21-14-10-5-3-4-6-12(10)20-13(14)8-17/h3-6H,7H2,1-2H3. The zero-order chi connectivity index (χ0) is 15.0. The van der Waals surface area contributed by atoms with Gasteiger partial charge in [-0.15, -0.1) is 0 Å². The highest BCUT2D eigenvalue weighted by Crippen LogP contribution is 2.37. The van der Waals surface area contributed by atoms with Crippen molar-refractivity contribution in [3.63, 3.8) is 0 Å². The molecule has 0 bridgehead atoms. The van der Waals surface area contributed by atoms with E-state index in [1.807, 2.05) is 44.3 Å². The molecule has 3 rings (SSSR count). The summed E-state index contributed by atoms with van der Waals surface area (Å²) in [7, 11) is 1.81. The first-order valence-corrected chi connectivity index (χ1v) is 7.45. The lowest BCUT2D eigenvalue weighted by atomic mass is 10.2. The summed E-state index contributed by atoms with van der Waals surface area (Å²) in [4.78, 5) is 0. The van der Waals surface area contributed by atoms with Gasteiger partial charge >= 0.3 is 0 Å². The molecule has 5 nitrogen and oxygen atoms in total. The van der Waals surface area contributed by atoms with Crippen molar-refractivity contribution in [3.05, 3.63) is 41.3 Å². The number of ether oxygens (including phenoxy) is 1. The number of hydrogen-bond acceptors (Lipinski definition) is 4. The lowest BCUT2D eigenvalue weighted by molar-refractivity contribution is 0.420. The van der Waals surface area contributed by atoms with E-state index in [4.69, 9.17) is 9.15 Å². The molecular formula is C15H12BrN3O2. The van der Waals surface area contributed by atoms with Crippen LogP contribution in [-0.2, 0) is 12.4 Å². The molecule has 3 aromatic rings. The number of benzene rings is 1. The molecule has 0 unspecified atom stereocenters. The van der Waals surface area contributed by atoms with Gasteiger partial charge in [-0.25, -0.2) is 4.68 Å². The number of alkyl halides is 1. The average Bonchev–Trinajstić information content (AvgIpc) is 2.97. The summed E-state index contributed by atoms with van der Waals surface area (Å²) in [6.07, 6.45) is 0. The number of nitrogens with zero attached hydrogens (tertiary/aromatic N) is 3. The Morgan fingerprint density at radius 2 is 2.19 bits per heavy atom. The Morgan fingerprint density at radius 1 is 1.43 bits per heavy atom. The van der Waals surface area contributed by atoms with Gasteiger partial charge in [-0.2, -0.15) is 10.4 Å². The van der Waals surface area contributed by atoms with E-state index in [2.05, 4.69) is 21.0 Å². The van der Waals surface area contributed by atoms with Crippen molar-refractivity contribution in [2.75, 3.05) is 0 Å². The van der Waals surface area contributed by atoms with Crippen LogP contribution in [-0.4, -0.2) is 9.78 Å². The lowest BCUT2D eigenvalue weighted by Crippen LogP contribution is -1.97. The third-order valence-electron chi connectivity index (χ3n) is 3.27. The molecule has 21 heavy (non-hydrogen) atoms. The van der Waals surface area contributed by atoms with Crippen LogP contribution in [0.15, 0.2) is 28.7 Å².